The van der Waals surface area contributed by atoms with Gasteiger partial charge < -0.3 is 44.6 Å². The summed E-state index contributed by atoms with van der Waals surface area (Å²) >= 11 is 23.2. The second-order valence-corrected chi connectivity index (χ2v) is 35.4. The molecule has 133 heavy (non-hydrogen) atoms. The van der Waals surface area contributed by atoms with E-state index in [0.717, 1.165) is 207 Å². The number of alkyl halides is 3. The SMILES string of the molecule is COc1ccc(C(F)(F)F)cc1CCc1c(F)cccc1C1=NCCN1.Clc1ccc(-c2ccc(Br)cc2CCc2c(Cl)cccc2C2=NCCN2)cc1.Fc1cccc(C2=NCCN2)c1CCc1cc(-c2ccccc2)cc2ccoc12.Fc1cccc(C2=NCCN2)c1CCc1cc(Br)cc2cc(Br)oc12.N#Cc1cc(CCc2c(F)cccc2C2=NCCN2)c2occc2c1. The molecule has 0 amide bonds. The van der Waals surface area contributed by atoms with Gasteiger partial charge in [0.2, 0.25) is 0 Å². The van der Waals surface area contributed by atoms with Gasteiger partial charge in [-0.05, 0) is 285 Å². The number of amidine groups is 5. The highest BCUT2D eigenvalue weighted by Gasteiger charge is 2.32. The molecule has 20 rings (SSSR count). The number of rotatable bonds is 23. The first-order valence-corrected chi connectivity index (χ1v) is 46.7. The van der Waals surface area contributed by atoms with E-state index in [-0.39, 0.29) is 30.3 Å². The summed E-state index contributed by atoms with van der Waals surface area (Å²) < 4.78 is 122. The monoisotopic (exact) mass is 2020 g/mol. The first-order chi connectivity index (χ1) is 64.7. The lowest BCUT2D eigenvalue weighted by atomic mass is 9.93. The number of aryl methyl sites for hydroxylation is 5. The topological polar surface area (TPSA) is 194 Å². The molecule has 0 atom stereocenters. The predicted molar refractivity (Wildman–Crippen MR) is 528 cm³/mol. The predicted octanol–water partition coefficient (Wildman–Crippen LogP) is 24.7. The van der Waals surface area contributed by atoms with Gasteiger partial charge in [-0.3, -0.25) is 25.0 Å². The summed E-state index contributed by atoms with van der Waals surface area (Å²) in [5.41, 5.74) is 19.5. The van der Waals surface area contributed by atoms with Crippen molar-refractivity contribution in [2.75, 3.05) is 72.6 Å². The lowest BCUT2D eigenvalue weighted by Crippen LogP contribution is -2.21. The van der Waals surface area contributed by atoms with Crippen molar-refractivity contribution in [1.29, 1.82) is 5.26 Å². The number of hydrogen-bond acceptors (Lipinski definition) is 15. The second-order valence-electron chi connectivity index (χ2n) is 31.9. The highest BCUT2D eigenvalue weighted by Crippen LogP contribution is 2.38. The van der Waals surface area contributed by atoms with E-state index in [1.165, 1.54) is 48.6 Å². The molecule has 15 nitrogen and oxygen atoms in total. The van der Waals surface area contributed by atoms with Gasteiger partial charge in [-0.2, -0.15) is 18.4 Å². The molecule has 12 aromatic carbocycles. The molecule has 5 aliphatic heterocycles. The molecule has 27 heteroatoms. The molecule has 0 saturated carbocycles. The molecule has 0 saturated heterocycles. The second kappa shape index (κ2) is 43.9. The summed E-state index contributed by atoms with van der Waals surface area (Å²) in [5.74, 6) is 3.24. The zero-order valence-corrected chi connectivity index (χ0v) is 78.4. The number of methoxy groups -OCH3 is 1. The first-order valence-electron chi connectivity index (χ1n) is 43.6. The van der Waals surface area contributed by atoms with Crippen LogP contribution in [0.2, 0.25) is 10.0 Å². The van der Waals surface area contributed by atoms with Crippen molar-refractivity contribution >= 4 is 133 Å². The highest BCUT2D eigenvalue weighted by atomic mass is 79.9. The Morgan fingerprint density at radius 2 is 0.812 bits per heavy atom. The van der Waals surface area contributed by atoms with Gasteiger partial charge in [-0.15, -0.1) is 0 Å². The van der Waals surface area contributed by atoms with Crippen molar-refractivity contribution < 1.29 is 48.7 Å². The van der Waals surface area contributed by atoms with Crippen LogP contribution in [-0.4, -0.2) is 102 Å². The molecule has 5 aliphatic rings. The van der Waals surface area contributed by atoms with E-state index in [4.69, 9.17) is 41.2 Å². The zero-order chi connectivity index (χ0) is 92.5. The number of ether oxygens (including phenoxy) is 1. The molecular weight excluding hydrogens is 1930 g/mol. The Bertz CT molecular complexity index is 6970. The van der Waals surface area contributed by atoms with Crippen LogP contribution in [0.4, 0.5) is 30.7 Å². The van der Waals surface area contributed by atoms with Crippen molar-refractivity contribution in [1.82, 2.24) is 26.6 Å². The number of fused-ring (bicyclic) bond motifs is 3. The number of halogens is 12. The number of nitriles is 1. The minimum atomic E-state index is -4.44. The van der Waals surface area contributed by atoms with Crippen LogP contribution in [0.1, 0.15) is 94.6 Å². The summed E-state index contributed by atoms with van der Waals surface area (Å²) in [6, 6.07) is 74.1. The third-order valence-corrected chi connectivity index (χ3v) is 25.4. The molecule has 0 bridgehead atoms. The summed E-state index contributed by atoms with van der Waals surface area (Å²) in [5, 5.41) is 29.9. The molecule has 0 unspecified atom stereocenters. The van der Waals surface area contributed by atoms with Crippen LogP contribution in [0.5, 0.6) is 5.75 Å². The minimum Gasteiger partial charge on any atom is -0.496 e. The van der Waals surface area contributed by atoms with E-state index < -0.39 is 17.6 Å². The number of aliphatic imine (C=N–C) groups is 5. The fraction of sp³-hybridized carbons (Fsp3) is 0.208. The van der Waals surface area contributed by atoms with Crippen molar-refractivity contribution in [2.24, 2.45) is 25.0 Å². The Hall–Kier alpha value is -12.6. The van der Waals surface area contributed by atoms with Gasteiger partial charge in [0.15, 0.2) is 4.67 Å². The molecule has 676 valence electrons. The van der Waals surface area contributed by atoms with E-state index in [1.54, 1.807) is 48.9 Å². The number of hydrogen-bond donors (Lipinski definition) is 5. The van der Waals surface area contributed by atoms with Crippen LogP contribution in [0, 0.1) is 34.6 Å². The Kier molecular flexibility index (Phi) is 30.9. The van der Waals surface area contributed by atoms with Crippen LogP contribution in [0.3, 0.4) is 0 Å². The van der Waals surface area contributed by atoms with Gasteiger partial charge in [-0.25, -0.2) is 17.6 Å². The quantitative estimate of drug-likeness (QED) is 0.0385. The highest BCUT2D eigenvalue weighted by molar-refractivity contribution is 9.11. The van der Waals surface area contributed by atoms with Crippen LogP contribution in [-0.2, 0) is 70.4 Å². The van der Waals surface area contributed by atoms with Gasteiger partial charge in [0.05, 0.1) is 69.6 Å². The number of nitrogens with zero attached hydrogens (tertiary/aromatic N) is 6. The number of furan rings is 3. The summed E-state index contributed by atoms with van der Waals surface area (Å²) in [4.78, 5) is 22.2. The molecule has 0 radical (unpaired) electrons. The summed E-state index contributed by atoms with van der Waals surface area (Å²) in [6.45, 7) is 7.57. The Balaban J connectivity index is 0.000000121. The maximum absolute atomic E-state index is 14.7. The summed E-state index contributed by atoms with van der Waals surface area (Å²) in [7, 11) is 1.40. The first kappa shape index (κ1) is 93.7. The van der Waals surface area contributed by atoms with E-state index >= 15 is 0 Å². The van der Waals surface area contributed by atoms with Gasteiger partial charge in [0, 0.05) is 95.7 Å². The van der Waals surface area contributed by atoms with Crippen LogP contribution in [0.15, 0.2) is 301 Å². The standard InChI is InChI=1S/C25H21FN2O.C23H19BrCl2N2.C20H16FN3O.C19H15Br2FN2O.C19H18F4N2O/c26-23-8-4-7-22(25-27-12-13-28-25)21(23)10-9-18-15-20(17-5-2-1-3-6-17)16-19-11-14-29-24(18)19;24-17-7-11-19(15-4-8-18(25)9-5-15)16(14-17)6-10-20-21(2-1-3-22(20)26)23-27-12-13-28-23;21-18-3-1-2-17(20-23-7-8-24-20)16(18)5-4-14-10-13(12-22)11-15-6-9-25-19(14)15;20-13-8-11(18-12(9-13)10-17(21)25-18)4-5-14-15(2-1-3-16(14)22)19-23-6-7-24-19;1-26-17-8-6-13(19(21,22)23)11-12(17)5-7-14-15(3-2-4-16(14)20)18-24-9-10-25-18/h1-8,11,14-16H,9-10,12-13H2,(H,27,28);1-5,7-9,11,14H,6,10,12-13H2,(H,27,28);1-3,6,9-11H,4-5,7-8H2,(H,23,24);1-3,8-10H,4-7H2,(H,23,24);2-4,6,8,11H,5,7,9-10H2,1H3,(H,24,25). The smallest absolute Gasteiger partial charge is 0.416 e. The third kappa shape index (κ3) is 23.0. The number of benzene rings is 12. The fourth-order valence-corrected chi connectivity index (χ4v) is 18.8. The maximum Gasteiger partial charge on any atom is 0.416 e. The van der Waals surface area contributed by atoms with Crippen molar-refractivity contribution in [3.63, 3.8) is 0 Å². The van der Waals surface area contributed by atoms with Crippen molar-refractivity contribution in [2.45, 2.75) is 70.4 Å². The summed E-state index contributed by atoms with van der Waals surface area (Å²) in [6.07, 6.45) is 4.67. The lowest BCUT2D eigenvalue weighted by molar-refractivity contribution is -0.137. The van der Waals surface area contributed by atoms with Crippen LogP contribution >= 0.6 is 71.0 Å². The molecule has 0 aliphatic carbocycles. The van der Waals surface area contributed by atoms with Gasteiger partial charge >= 0.3 is 6.18 Å². The van der Waals surface area contributed by atoms with E-state index in [1.807, 2.05) is 97.1 Å². The van der Waals surface area contributed by atoms with Crippen LogP contribution in [0.25, 0.3) is 55.2 Å². The molecule has 5 N–H and O–H groups in total. The Labute approximate surface area is 800 Å². The largest absolute Gasteiger partial charge is 0.496 e. The van der Waals surface area contributed by atoms with E-state index in [0.29, 0.717) is 113 Å². The van der Waals surface area contributed by atoms with Gasteiger partial charge in [0.25, 0.3) is 0 Å². The molecule has 3 aromatic heterocycles. The normalized spacial score (nSPS) is 13.7. The molecule has 15 aromatic rings. The zero-order valence-electron chi connectivity index (χ0n) is 72.2. The third-order valence-electron chi connectivity index (χ3n) is 23.4. The van der Waals surface area contributed by atoms with E-state index in [9.17, 15) is 36.0 Å². The van der Waals surface area contributed by atoms with Crippen molar-refractivity contribution in [3.8, 4) is 34.1 Å². The molecular formula is C106H89Br3Cl2F7N11O4. The minimum absolute atomic E-state index is 0.186. The van der Waals surface area contributed by atoms with E-state index in [2.05, 4.69) is 166 Å². The van der Waals surface area contributed by atoms with Gasteiger partial charge in [0.1, 0.15) is 74.9 Å². The maximum atomic E-state index is 14.7. The average molecular weight is 2020 g/mol. The number of nitrogens with one attached hydrogen (secondary N) is 5. The van der Waals surface area contributed by atoms with Gasteiger partial charge in [-0.1, -0.05) is 164 Å². The van der Waals surface area contributed by atoms with Crippen molar-refractivity contribution in [3.05, 3.63) is 391 Å². The average Bonchev–Trinajstić information content (AvgIpc) is 1.74. The Morgan fingerprint density at radius 3 is 1.28 bits per heavy atom. The molecule has 8 heterocycles. The van der Waals surface area contributed by atoms with Crippen LogP contribution < -0.4 is 31.3 Å². The molecule has 0 fully saturated rings. The Morgan fingerprint density at radius 1 is 0.376 bits per heavy atom. The lowest BCUT2D eigenvalue weighted by Gasteiger charge is -2.15. The fourth-order valence-electron chi connectivity index (χ4n) is 17.1. The molecule has 0 spiro atoms.